The number of halogens is 3. The molecule has 0 bridgehead atoms. The van der Waals surface area contributed by atoms with Crippen molar-refractivity contribution in [3.05, 3.63) is 89.0 Å². The Morgan fingerprint density at radius 2 is 1.95 bits per heavy atom. The number of nitrogens with zero attached hydrogens (tertiary/aromatic N) is 2. The Balaban J connectivity index is 1.96. The number of alkyl halides is 2. The van der Waals surface area contributed by atoms with E-state index in [-0.39, 0.29) is 23.5 Å². The Kier molecular flexibility index (Phi) is 8.78. The minimum absolute atomic E-state index is 0.0173. The van der Waals surface area contributed by atoms with Crippen LogP contribution >= 0.6 is 27.3 Å². The van der Waals surface area contributed by atoms with E-state index in [9.17, 15) is 18.4 Å². The fourth-order valence-electron chi connectivity index (χ4n) is 4.23. The third kappa shape index (κ3) is 5.73. The number of benzene rings is 2. The van der Waals surface area contributed by atoms with Crippen LogP contribution in [0, 0.1) is 0 Å². The molecule has 0 saturated carbocycles. The summed E-state index contributed by atoms with van der Waals surface area (Å²) in [7, 11) is 1.53. The van der Waals surface area contributed by atoms with Crippen LogP contribution in [0.15, 0.2) is 68.0 Å². The van der Waals surface area contributed by atoms with Crippen LogP contribution in [0.5, 0.6) is 11.5 Å². The first-order chi connectivity index (χ1) is 18.3. The average molecular weight is 607 g/mol. The van der Waals surface area contributed by atoms with Gasteiger partial charge in [-0.05, 0) is 55.3 Å². The van der Waals surface area contributed by atoms with E-state index in [1.54, 1.807) is 31.2 Å². The Labute approximate surface area is 229 Å². The van der Waals surface area contributed by atoms with Crippen LogP contribution < -0.4 is 24.4 Å². The van der Waals surface area contributed by atoms with Crippen molar-refractivity contribution >= 4 is 39.3 Å². The van der Waals surface area contributed by atoms with E-state index in [1.165, 1.54) is 35.1 Å². The van der Waals surface area contributed by atoms with E-state index in [0.717, 1.165) is 10.9 Å². The fourth-order valence-corrected chi connectivity index (χ4v) is 5.63. The molecular formula is C27H25BrF2N2O5S. The predicted molar refractivity (Wildman–Crippen MR) is 143 cm³/mol. The molecule has 1 atom stereocenters. The molecule has 7 nitrogen and oxygen atoms in total. The molecule has 0 fully saturated rings. The number of carbonyl (C=O) groups excluding carboxylic acids is 1. The molecule has 0 amide bonds. The molecule has 1 aromatic heterocycles. The molecule has 0 aliphatic carbocycles. The highest BCUT2D eigenvalue weighted by Crippen LogP contribution is 2.38. The molecule has 200 valence electrons. The van der Waals surface area contributed by atoms with Crippen molar-refractivity contribution in [1.82, 2.24) is 4.57 Å². The van der Waals surface area contributed by atoms with Crippen molar-refractivity contribution in [1.29, 1.82) is 0 Å². The van der Waals surface area contributed by atoms with Crippen LogP contribution in [0.3, 0.4) is 0 Å². The van der Waals surface area contributed by atoms with Gasteiger partial charge >= 0.3 is 12.6 Å². The molecule has 0 unspecified atom stereocenters. The summed E-state index contributed by atoms with van der Waals surface area (Å²) in [6, 6.07) is 10.5. The minimum Gasteiger partial charge on any atom is -0.496 e. The third-order valence-electron chi connectivity index (χ3n) is 5.78. The van der Waals surface area contributed by atoms with Crippen LogP contribution in [0.2, 0.25) is 0 Å². The summed E-state index contributed by atoms with van der Waals surface area (Å²) in [5, 5.41) is 0. The van der Waals surface area contributed by atoms with Crippen LogP contribution in [-0.2, 0) is 9.53 Å². The molecule has 1 aliphatic rings. The van der Waals surface area contributed by atoms with Crippen molar-refractivity contribution in [3.63, 3.8) is 0 Å². The quantitative estimate of drug-likeness (QED) is 0.322. The van der Waals surface area contributed by atoms with E-state index in [0.29, 0.717) is 38.3 Å². The number of rotatable bonds is 9. The first-order valence-corrected chi connectivity index (χ1v) is 13.5. The molecule has 1 aliphatic heterocycles. The lowest BCUT2D eigenvalue weighted by atomic mass is 9.93. The van der Waals surface area contributed by atoms with Crippen LogP contribution in [0.4, 0.5) is 8.78 Å². The number of aromatic nitrogens is 1. The number of hydrogen-bond donors (Lipinski definition) is 0. The molecule has 3 aromatic rings. The SMILES string of the molecule is CCCC1=C(C(=O)OCC)[C@H](c2cc(Br)ccc2OC)n2c(s/c(=C\c3ccc(OC(F)F)cc3)c2=O)=N1. The predicted octanol–water partition coefficient (Wildman–Crippen LogP) is 4.95. The second-order valence-corrected chi connectivity index (χ2v) is 10.2. The van der Waals surface area contributed by atoms with Crippen molar-refractivity contribution in [3.8, 4) is 11.5 Å². The first-order valence-electron chi connectivity index (χ1n) is 11.9. The molecule has 11 heteroatoms. The Hall–Kier alpha value is -3.31. The molecule has 0 N–H and O–H groups in total. The molecule has 4 rings (SSSR count). The average Bonchev–Trinajstić information content (AvgIpc) is 3.18. The van der Waals surface area contributed by atoms with E-state index < -0.39 is 18.6 Å². The van der Waals surface area contributed by atoms with Crippen LogP contribution in [0.25, 0.3) is 6.08 Å². The lowest BCUT2D eigenvalue weighted by Crippen LogP contribution is -2.40. The van der Waals surface area contributed by atoms with E-state index in [2.05, 4.69) is 20.7 Å². The summed E-state index contributed by atoms with van der Waals surface area (Å²) < 4.78 is 43.0. The number of carbonyl (C=O) groups is 1. The number of fused-ring (bicyclic) bond motifs is 1. The molecule has 0 spiro atoms. The highest BCUT2D eigenvalue weighted by Gasteiger charge is 2.36. The molecule has 0 saturated heterocycles. The number of hydrogen-bond acceptors (Lipinski definition) is 7. The van der Waals surface area contributed by atoms with E-state index in [1.807, 2.05) is 19.1 Å². The molecule has 38 heavy (non-hydrogen) atoms. The van der Waals surface area contributed by atoms with Crippen molar-refractivity contribution in [2.45, 2.75) is 39.3 Å². The second-order valence-electron chi connectivity index (χ2n) is 8.25. The van der Waals surface area contributed by atoms with Crippen molar-refractivity contribution in [2.75, 3.05) is 13.7 Å². The van der Waals surface area contributed by atoms with E-state index in [4.69, 9.17) is 14.5 Å². The maximum atomic E-state index is 13.8. The standard InChI is InChI=1S/C27H25BrF2N2O5S/c1-4-6-19-22(25(34)36-5-2)23(18-14-16(28)9-12-20(18)35-3)32-24(33)21(38-27(32)31-19)13-15-7-10-17(11-8-15)37-26(29)30/h7-14,23,26H,4-6H2,1-3H3/b21-13-/t23-/m0/s1. The second kappa shape index (κ2) is 12.0. The zero-order valence-corrected chi connectivity index (χ0v) is 23.3. The van der Waals surface area contributed by atoms with Crippen molar-refractivity contribution in [2.24, 2.45) is 4.99 Å². The van der Waals surface area contributed by atoms with Crippen LogP contribution in [0.1, 0.15) is 43.9 Å². The van der Waals surface area contributed by atoms with Gasteiger partial charge in [0.2, 0.25) is 0 Å². The Morgan fingerprint density at radius 1 is 1.21 bits per heavy atom. The first kappa shape index (κ1) is 27.7. The number of ether oxygens (including phenoxy) is 3. The third-order valence-corrected chi connectivity index (χ3v) is 7.26. The summed E-state index contributed by atoms with van der Waals surface area (Å²) in [5.41, 5.74) is 1.71. The minimum atomic E-state index is -2.93. The molecule has 0 radical (unpaired) electrons. The monoisotopic (exact) mass is 606 g/mol. The van der Waals surface area contributed by atoms with Gasteiger partial charge in [0.1, 0.15) is 17.5 Å². The summed E-state index contributed by atoms with van der Waals surface area (Å²) in [6.07, 6.45) is 2.89. The van der Waals surface area contributed by atoms with Gasteiger partial charge in [-0.3, -0.25) is 9.36 Å². The van der Waals surface area contributed by atoms with Gasteiger partial charge in [-0.2, -0.15) is 8.78 Å². The molecular weight excluding hydrogens is 582 g/mol. The van der Waals surface area contributed by atoms with Gasteiger partial charge in [0.25, 0.3) is 5.56 Å². The van der Waals surface area contributed by atoms with Gasteiger partial charge < -0.3 is 14.2 Å². The summed E-state index contributed by atoms with van der Waals surface area (Å²) in [6.45, 7) is 0.946. The Bertz CT molecular complexity index is 1550. The number of allylic oxidation sites excluding steroid dienone is 1. The summed E-state index contributed by atoms with van der Waals surface area (Å²) >= 11 is 4.68. The van der Waals surface area contributed by atoms with Crippen molar-refractivity contribution < 1.29 is 27.8 Å². The normalized spacial score (nSPS) is 15.3. The number of methoxy groups -OCH3 is 1. The summed E-state index contributed by atoms with van der Waals surface area (Å²) in [5.74, 6) is -0.0267. The highest BCUT2D eigenvalue weighted by atomic mass is 79.9. The Morgan fingerprint density at radius 3 is 2.58 bits per heavy atom. The molecule has 2 aromatic carbocycles. The lowest BCUT2D eigenvalue weighted by molar-refractivity contribution is -0.139. The van der Waals surface area contributed by atoms with Gasteiger partial charge in [-0.15, -0.1) is 0 Å². The fraction of sp³-hybridized carbons (Fsp3) is 0.296. The largest absolute Gasteiger partial charge is 0.496 e. The lowest BCUT2D eigenvalue weighted by Gasteiger charge is -2.27. The van der Waals surface area contributed by atoms with E-state index >= 15 is 0 Å². The maximum Gasteiger partial charge on any atom is 0.387 e. The zero-order valence-electron chi connectivity index (χ0n) is 20.9. The van der Waals surface area contributed by atoms with Crippen LogP contribution in [-0.4, -0.2) is 30.9 Å². The smallest absolute Gasteiger partial charge is 0.387 e. The summed E-state index contributed by atoms with van der Waals surface area (Å²) in [4.78, 5) is 32.3. The van der Waals surface area contributed by atoms with Gasteiger partial charge in [0.05, 0.1) is 29.5 Å². The number of esters is 1. The maximum absolute atomic E-state index is 13.8. The van der Waals surface area contributed by atoms with Gasteiger partial charge in [-0.25, -0.2) is 9.79 Å². The van der Waals surface area contributed by atoms with Gasteiger partial charge in [0, 0.05) is 10.0 Å². The van der Waals surface area contributed by atoms with Gasteiger partial charge in [-0.1, -0.05) is 52.7 Å². The zero-order chi connectivity index (χ0) is 27.4. The molecule has 2 heterocycles. The highest BCUT2D eigenvalue weighted by molar-refractivity contribution is 9.10. The van der Waals surface area contributed by atoms with Gasteiger partial charge in [0.15, 0.2) is 4.80 Å². The number of thiazole rings is 1. The topological polar surface area (TPSA) is 79.1 Å².